The number of aliphatic carboxylic acids is 1. The van der Waals surface area contributed by atoms with Crippen molar-refractivity contribution in [3.8, 4) is 5.75 Å². The van der Waals surface area contributed by atoms with E-state index in [1.54, 1.807) is 12.1 Å². The minimum absolute atomic E-state index is 0.259. The molecule has 20 heavy (non-hydrogen) atoms. The predicted octanol–water partition coefficient (Wildman–Crippen LogP) is 2.76. The molecule has 0 amide bonds. The third kappa shape index (κ3) is 4.39. The lowest BCUT2D eigenvalue weighted by Crippen LogP contribution is -2.44. The number of hydrogen-bond acceptors (Lipinski definition) is 3. The van der Waals surface area contributed by atoms with Gasteiger partial charge in [0.1, 0.15) is 12.4 Å². The van der Waals surface area contributed by atoms with E-state index in [1.165, 1.54) is 0 Å². The van der Waals surface area contributed by atoms with Crippen molar-refractivity contribution in [3.05, 3.63) is 29.3 Å². The second kappa shape index (κ2) is 6.95. The summed E-state index contributed by atoms with van der Waals surface area (Å²) in [4.78, 5) is 13.3. The third-order valence-corrected chi connectivity index (χ3v) is 3.79. The number of nitrogens with zero attached hydrogens (tertiary/aromatic N) is 1. The van der Waals surface area contributed by atoms with E-state index >= 15 is 0 Å². The summed E-state index contributed by atoms with van der Waals surface area (Å²) in [7, 11) is 0. The number of halogens is 1. The van der Waals surface area contributed by atoms with Crippen molar-refractivity contribution in [2.75, 3.05) is 26.2 Å². The first kappa shape index (κ1) is 15.1. The van der Waals surface area contributed by atoms with Crippen molar-refractivity contribution in [1.82, 2.24) is 4.90 Å². The number of carbonyl (C=O) groups is 1. The summed E-state index contributed by atoms with van der Waals surface area (Å²) in [6.45, 7) is 4.92. The van der Waals surface area contributed by atoms with Gasteiger partial charge in [0.05, 0.1) is 5.92 Å². The number of hydrogen-bond donors (Lipinski definition) is 1. The van der Waals surface area contributed by atoms with Crippen LogP contribution in [0.25, 0.3) is 0 Å². The molecule has 4 nitrogen and oxygen atoms in total. The molecule has 1 aromatic carbocycles. The summed E-state index contributed by atoms with van der Waals surface area (Å²) < 4.78 is 5.65. The molecule has 1 heterocycles. The molecular formula is C15H20ClNO3. The largest absolute Gasteiger partial charge is 0.492 e. The molecule has 2 rings (SSSR count). The molecule has 2 atom stereocenters. The number of piperidine rings is 1. The fourth-order valence-electron chi connectivity index (χ4n) is 2.67. The number of carboxylic acids is 1. The van der Waals surface area contributed by atoms with Crippen LogP contribution < -0.4 is 4.74 Å². The lowest BCUT2D eigenvalue weighted by Gasteiger charge is -2.34. The molecule has 110 valence electrons. The van der Waals surface area contributed by atoms with Crippen LogP contribution in [0.2, 0.25) is 5.02 Å². The highest BCUT2D eigenvalue weighted by molar-refractivity contribution is 6.30. The van der Waals surface area contributed by atoms with Gasteiger partial charge in [-0.05, 0) is 30.5 Å². The molecule has 1 aromatic rings. The molecule has 1 aliphatic heterocycles. The van der Waals surface area contributed by atoms with Gasteiger partial charge in [0.2, 0.25) is 0 Å². The molecule has 0 saturated carbocycles. The van der Waals surface area contributed by atoms with E-state index in [9.17, 15) is 4.79 Å². The van der Waals surface area contributed by atoms with Crippen molar-refractivity contribution in [3.63, 3.8) is 0 Å². The monoisotopic (exact) mass is 297 g/mol. The van der Waals surface area contributed by atoms with Crippen LogP contribution in [0.15, 0.2) is 24.3 Å². The molecule has 1 N–H and O–H groups in total. The Morgan fingerprint density at radius 3 is 3.00 bits per heavy atom. The highest BCUT2D eigenvalue weighted by atomic mass is 35.5. The number of rotatable bonds is 5. The van der Waals surface area contributed by atoms with Gasteiger partial charge in [0.25, 0.3) is 0 Å². The van der Waals surface area contributed by atoms with Crippen LogP contribution in [-0.4, -0.2) is 42.2 Å². The molecule has 1 aliphatic rings. The highest BCUT2D eigenvalue weighted by Crippen LogP contribution is 2.22. The van der Waals surface area contributed by atoms with E-state index in [0.717, 1.165) is 25.3 Å². The maximum atomic E-state index is 11.1. The van der Waals surface area contributed by atoms with Crippen molar-refractivity contribution in [1.29, 1.82) is 0 Å². The normalized spacial score (nSPS) is 23.5. The average Bonchev–Trinajstić information content (AvgIpc) is 2.38. The first-order chi connectivity index (χ1) is 9.54. The van der Waals surface area contributed by atoms with Gasteiger partial charge in [-0.1, -0.05) is 24.6 Å². The number of carboxylic acid groups (broad SMARTS) is 1. The fourth-order valence-corrected chi connectivity index (χ4v) is 2.85. The van der Waals surface area contributed by atoms with Gasteiger partial charge in [0, 0.05) is 24.7 Å². The van der Waals surface area contributed by atoms with Crippen LogP contribution >= 0.6 is 11.6 Å². The lowest BCUT2D eigenvalue weighted by molar-refractivity contribution is -0.144. The van der Waals surface area contributed by atoms with Gasteiger partial charge >= 0.3 is 5.97 Å². The SMILES string of the molecule is CC1CC(C(=O)O)CN(CCOc2cccc(Cl)c2)C1. The zero-order valence-electron chi connectivity index (χ0n) is 11.6. The molecule has 0 spiro atoms. The van der Waals surface area contributed by atoms with Gasteiger partial charge in [-0.25, -0.2) is 0 Å². The van der Waals surface area contributed by atoms with Gasteiger partial charge in [0.15, 0.2) is 0 Å². The fraction of sp³-hybridized carbons (Fsp3) is 0.533. The average molecular weight is 298 g/mol. The van der Waals surface area contributed by atoms with Crippen molar-refractivity contribution in [2.45, 2.75) is 13.3 Å². The molecule has 5 heteroatoms. The summed E-state index contributed by atoms with van der Waals surface area (Å²) in [6.07, 6.45) is 0.765. The van der Waals surface area contributed by atoms with E-state index in [-0.39, 0.29) is 5.92 Å². The number of ether oxygens (including phenoxy) is 1. The summed E-state index contributed by atoms with van der Waals surface area (Å²) in [6, 6.07) is 7.30. The predicted molar refractivity (Wildman–Crippen MR) is 78.3 cm³/mol. The maximum Gasteiger partial charge on any atom is 0.307 e. The Morgan fingerprint density at radius 1 is 1.50 bits per heavy atom. The first-order valence-electron chi connectivity index (χ1n) is 6.88. The van der Waals surface area contributed by atoms with Crippen LogP contribution in [0.1, 0.15) is 13.3 Å². The van der Waals surface area contributed by atoms with Crippen molar-refractivity contribution >= 4 is 17.6 Å². The third-order valence-electron chi connectivity index (χ3n) is 3.56. The minimum atomic E-state index is -0.697. The van der Waals surface area contributed by atoms with Gasteiger partial charge < -0.3 is 9.84 Å². The van der Waals surface area contributed by atoms with Crippen LogP contribution in [0.5, 0.6) is 5.75 Å². The number of benzene rings is 1. The Kier molecular flexibility index (Phi) is 5.26. The zero-order chi connectivity index (χ0) is 14.5. The van der Waals surface area contributed by atoms with E-state index in [4.69, 9.17) is 21.4 Å². The smallest absolute Gasteiger partial charge is 0.307 e. The van der Waals surface area contributed by atoms with Gasteiger partial charge in [-0.3, -0.25) is 9.69 Å². The second-order valence-electron chi connectivity index (χ2n) is 5.44. The second-order valence-corrected chi connectivity index (χ2v) is 5.88. The zero-order valence-corrected chi connectivity index (χ0v) is 12.3. The van der Waals surface area contributed by atoms with Crippen LogP contribution in [0.3, 0.4) is 0 Å². The Morgan fingerprint density at radius 2 is 2.30 bits per heavy atom. The van der Waals surface area contributed by atoms with Crippen molar-refractivity contribution < 1.29 is 14.6 Å². The summed E-state index contributed by atoms with van der Waals surface area (Å²) in [5.41, 5.74) is 0. The van der Waals surface area contributed by atoms with Gasteiger partial charge in [-0.15, -0.1) is 0 Å². The summed E-state index contributed by atoms with van der Waals surface area (Å²) in [5, 5.41) is 9.79. The topological polar surface area (TPSA) is 49.8 Å². The van der Waals surface area contributed by atoms with E-state index < -0.39 is 5.97 Å². The quantitative estimate of drug-likeness (QED) is 0.908. The molecular weight excluding hydrogens is 278 g/mol. The highest BCUT2D eigenvalue weighted by Gasteiger charge is 2.29. The molecule has 0 aromatic heterocycles. The molecule has 1 saturated heterocycles. The summed E-state index contributed by atoms with van der Waals surface area (Å²) in [5.74, 6) is 0.204. The Labute approximate surface area is 124 Å². The Bertz CT molecular complexity index is 466. The van der Waals surface area contributed by atoms with Crippen LogP contribution in [0.4, 0.5) is 0 Å². The molecule has 0 bridgehead atoms. The van der Waals surface area contributed by atoms with E-state index in [2.05, 4.69) is 11.8 Å². The maximum absolute atomic E-state index is 11.1. The first-order valence-corrected chi connectivity index (χ1v) is 7.26. The van der Waals surface area contributed by atoms with Crippen molar-refractivity contribution in [2.24, 2.45) is 11.8 Å². The van der Waals surface area contributed by atoms with Crippen LogP contribution in [-0.2, 0) is 4.79 Å². The lowest BCUT2D eigenvalue weighted by atomic mass is 9.90. The van der Waals surface area contributed by atoms with Gasteiger partial charge in [-0.2, -0.15) is 0 Å². The molecule has 1 fully saturated rings. The molecule has 0 radical (unpaired) electrons. The number of likely N-dealkylation sites (tertiary alicyclic amines) is 1. The Balaban J connectivity index is 1.80. The van der Waals surface area contributed by atoms with Crippen LogP contribution in [0, 0.1) is 11.8 Å². The molecule has 2 unspecified atom stereocenters. The molecule has 0 aliphatic carbocycles. The minimum Gasteiger partial charge on any atom is -0.492 e. The Hall–Kier alpha value is -1.26. The van der Waals surface area contributed by atoms with E-state index in [1.807, 2.05) is 12.1 Å². The standard InChI is InChI=1S/C15H20ClNO3/c1-11-7-12(15(18)19)10-17(9-11)5-6-20-14-4-2-3-13(16)8-14/h2-4,8,11-12H,5-7,9-10H2,1H3,(H,18,19). The van der Waals surface area contributed by atoms with E-state index in [0.29, 0.717) is 24.1 Å². The summed E-state index contributed by atoms with van der Waals surface area (Å²) >= 11 is 5.89.